The largest absolute Gasteiger partial charge is 0.328 e. The molecular formula is C21H26N4O2. The first-order chi connectivity index (χ1) is 13.0. The fourth-order valence-electron chi connectivity index (χ4n) is 2.73. The molecule has 2 aromatic heterocycles. The summed E-state index contributed by atoms with van der Waals surface area (Å²) in [6, 6.07) is 11.4. The lowest BCUT2D eigenvalue weighted by atomic mass is 10.1. The van der Waals surface area contributed by atoms with Gasteiger partial charge in [-0.15, -0.1) is 0 Å². The summed E-state index contributed by atoms with van der Waals surface area (Å²) >= 11 is 0. The number of nitrogens with one attached hydrogen (secondary N) is 2. The molecule has 0 atom stereocenters. The molecule has 1 amide bonds. The number of hydrogen-bond acceptors (Lipinski definition) is 3. The highest BCUT2D eigenvalue weighted by Crippen LogP contribution is 2.23. The average molecular weight is 366 g/mol. The van der Waals surface area contributed by atoms with Gasteiger partial charge in [0, 0.05) is 24.1 Å². The van der Waals surface area contributed by atoms with Gasteiger partial charge in [0.05, 0.1) is 5.69 Å². The van der Waals surface area contributed by atoms with E-state index in [0.29, 0.717) is 11.3 Å². The number of carbonyl (C=O) groups excluding carboxylic acids is 1. The fourth-order valence-corrected chi connectivity index (χ4v) is 2.73. The van der Waals surface area contributed by atoms with Crippen molar-refractivity contribution in [2.75, 3.05) is 5.32 Å². The molecule has 3 aromatic rings. The van der Waals surface area contributed by atoms with E-state index < -0.39 is 11.5 Å². The van der Waals surface area contributed by atoms with Gasteiger partial charge < -0.3 is 10.3 Å². The molecule has 0 aliphatic carbocycles. The molecule has 0 aliphatic heterocycles. The van der Waals surface area contributed by atoms with Gasteiger partial charge in [0.2, 0.25) is 0 Å². The minimum Gasteiger partial charge on any atom is -0.328 e. The maximum Gasteiger partial charge on any atom is 0.261 e. The van der Waals surface area contributed by atoms with Crippen molar-refractivity contribution >= 4 is 11.6 Å². The van der Waals surface area contributed by atoms with Gasteiger partial charge in [-0.3, -0.25) is 14.3 Å². The fraction of sp³-hybridized carbons (Fsp3) is 0.286. The van der Waals surface area contributed by atoms with Gasteiger partial charge >= 0.3 is 0 Å². The molecule has 6 heteroatoms. The zero-order valence-corrected chi connectivity index (χ0v) is 16.4. The quantitative estimate of drug-likeness (QED) is 0.718. The van der Waals surface area contributed by atoms with E-state index in [9.17, 15) is 9.59 Å². The van der Waals surface area contributed by atoms with Gasteiger partial charge in [-0.1, -0.05) is 26.0 Å². The maximum atomic E-state index is 12.4. The van der Waals surface area contributed by atoms with Crippen LogP contribution in [-0.4, -0.2) is 20.7 Å². The molecule has 0 unspecified atom stereocenters. The molecule has 142 valence electrons. The van der Waals surface area contributed by atoms with Crippen molar-refractivity contribution in [2.45, 2.75) is 40.7 Å². The van der Waals surface area contributed by atoms with E-state index in [1.807, 2.05) is 48.9 Å². The second kappa shape index (κ2) is 8.98. The van der Waals surface area contributed by atoms with Gasteiger partial charge in [-0.05, 0) is 56.2 Å². The third-order valence-corrected chi connectivity index (χ3v) is 3.99. The van der Waals surface area contributed by atoms with Crippen molar-refractivity contribution in [3.8, 4) is 11.3 Å². The summed E-state index contributed by atoms with van der Waals surface area (Å²) in [4.78, 5) is 26.7. The van der Waals surface area contributed by atoms with Crippen LogP contribution in [0.2, 0.25) is 0 Å². The first-order valence-electron chi connectivity index (χ1n) is 9.11. The van der Waals surface area contributed by atoms with E-state index in [0.717, 1.165) is 11.3 Å². The van der Waals surface area contributed by atoms with Crippen LogP contribution < -0.4 is 10.9 Å². The van der Waals surface area contributed by atoms with Gasteiger partial charge in [0.25, 0.3) is 11.5 Å². The molecule has 0 saturated carbocycles. The zero-order valence-electron chi connectivity index (χ0n) is 16.4. The lowest BCUT2D eigenvalue weighted by Crippen LogP contribution is -2.24. The summed E-state index contributed by atoms with van der Waals surface area (Å²) in [5.74, 6) is -0.417. The second-order valence-corrected chi connectivity index (χ2v) is 6.15. The van der Waals surface area contributed by atoms with Crippen molar-refractivity contribution in [3.05, 3.63) is 70.3 Å². The van der Waals surface area contributed by atoms with Crippen LogP contribution >= 0.6 is 0 Å². The number of carbonyl (C=O) groups is 1. The van der Waals surface area contributed by atoms with E-state index in [-0.39, 0.29) is 11.6 Å². The van der Waals surface area contributed by atoms with Crippen molar-refractivity contribution in [1.29, 1.82) is 0 Å². The van der Waals surface area contributed by atoms with Crippen LogP contribution in [0.5, 0.6) is 0 Å². The molecule has 3 rings (SSSR count). The predicted octanol–water partition coefficient (Wildman–Crippen LogP) is 4.41. The molecule has 0 saturated heterocycles. The number of aryl methyl sites for hydroxylation is 1. The third-order valence-electron chi connectivity index (χ3n) is 3.99. The van der Waals surface area contributed by atoms with Crippen molar-refractivity contribution in [3.63, 3.8) is 0 Å². The minimum absolute atomic E-state index is 0.129. The van der Waals surface area contributed by atoms with Crippen LogP contribution in [0.1, 0.15) is 49.7 Å². The first-order valence-corrected chi connectivity index (χ1v) is 9.11. The van der Waals surface area contributed by atoms with Gasteiger partial charge in [-0.2, -0.15) is 5.10 Å². The summed E-state index contributed by atoms with van der Waals surface area (Å²) in [7, 11) is 0. The lowest BCUT2D eigenvalue weighted by molar-refractivity contribution is 0.102. The van der Waals surface area contributed by atoms with E-state index in [1.165, 1.54) is 6.20 Å². The third kappa shape index (κ3) is 4.53. The molecule has 2 N–H and O–H groups in total. The zero-order chi connectivity index (χ0) is 20.0. The Bertz CT molecular complexity index is 953. The maximum absolute atomic E-state index is 12.4. The molecular weight excluding hydrogens is 340 g/mol. The summed E-state index contributed by atoms with van der Waals surface area (Å²) in [5.41, 5.74) is 3.03. The Morgan fingerprint density at radius 1 is 1.11 bits per heavy atom. The number of aromatic nitrogens is 3. The van der Waals surface area contributed by atoms with Crippen LogP contribution in [0.15, 0.2) is 53.6 Å². The number of amides is 1. The van der Waals surface area contributed by atoms with Crippen LogP contribution in [0.25, 0.3) is 11.3 Å². The topological polar surface area (TPSA) is 79.8 Å². The highest BCUT2D eigenvalue weighted by atomic mass is 16.2. The second-order valence-electron chi connectivity index (χ2n) is 6.15. The molecule has 1 aromatic carbocycles. The van der Waals surface area contributed by atoms with E-state index in [1.54, 1.807) is 19.2 Å². The monoisotopic (exact) mass is 366 g/mol. The normalized spacial score (nSPS) is 10.3. The molecule has 6 nitrogen and oxygen atoms in total. The summed E-state index contributed by atoms with van der Waals surface area (Å²) < 4.78 is 1.94. The number of anilines is 1. The Hall–Kier alpha value is -3.15. The SMILES string of the molecule is CC.Cc1cc[nH]c(=O)c1C(=O)Nc1ccc(-c2ccnn2C(C)C)cc1. The average Bonchev–Trinajstić information content (AvgIpc) is 3.14. The Kier molecular flexibility index (Phi) is 6.71. The number of rotatable bonds is 4. The molecule has 0 spiro atoms. The molecule has 2 heterocycles. The van der Waals surface area contributed by atoms with Gasteiger partial charge in [0.1, 0.15) is 5.56 Å². The molecule has 0 radical (unpaired) electrons. The van der Waals surface area contributed by atoms with E-state index >= 15 is 0 Å². The van der Waals surface area contributed by atoms with Crippen LogP contribution in [-0.2, 0) is 0 Å². The summed E-state index contributed by atoms with van der Waals surface area (Å²) in [6.45, 7) is 9.88. The Labute approximate surface area is 159 Å². The molecule has 0 bridgehead atoms. The molecule has 27 heavy (non-hydrogen) atoms. The van der Waals surface area contributed by atoms with E-state index in [2.05, 4.69) is 29.2 Å². The highest BCUT2D eigenvalue weighted by molar-refractivity contribution is 6.05. The summed E-state index contributed by atoms with van der Waals surface area (Å²) in [5, 5.41) is 7.10. The Morgan fingerprint density at radius 2 is 1.78 bits per heavy atom. The van der Waals surface area contributed by atoms with Crippen molar-refractivity contribution < 1.29 is 4.79 Å². The number of nitrogens with zero attached hydrogens (tertiary/aromatic N) is 2. The highest BCUT2D eigenvalue weighted by Gasteiger charge is 2.14. The Balaban J connectivity index is 0.00000126. The predicted molar refractivity (Wildman–Crippen MR) is 109 cm³/mol. The van der Waals surface area contributed by atoms with Crippen LogP contribution in [0.3, 0.4) is 0 Å². The van der Waals surface area contributed by atoms with E-state index in [4.69, 9.17) is 0 Å². The van der Waals surface area contributed by atoms with Crippen LogP contribution in [0.4, 0.5) is 5.69 Å². The smallest absolute Gasteiger partial charge is 0.261 e. The Morgan fingerprint density at radius 3 is 2.37 bits per heavy atom. The number of aromatic amines is 1. The van der Waals surface area contributed by atoms with Crippen molar-refractivity contribution in [1.82, 2.24) is 14.8 Å². The number of benzene rings is 1. The number of pyridine rings is 1. The lowest BCUT2D eigenvalue weighted by Gasteiger charge is -2.12. The standard InChI is InChI=1S/C19H20N4O2.C2H6/c1-12(2)23-16(9-11-21-23)14-4-6-15(7-5-14)22-19(25)17-13(3)8-10-20-18(17)24;1-2/h4-12H,1-3H3,(H,20,24)(H,22,25);1-2H3. The first kappa shape index (κ1) is 20.2. The molecule has 0 fully saturated rings. The summed E-state index contributed by atoms with van der Waals surface area (Å²) in [6.07, 6.45) is 3.30. The van der Waals surface area contributed by atoms with Crippen molar-refractivity contribution in [2.24, 2.45) is 0 Å². The number of hydrogen-bond donors (Lipinski definition) is 2. The van der Waals surface area contributed by atoms with Crippen LogP contribution in [0, 0.1) is 6.92 Å². The van der Waals surface area contributed by atoms with Gasteiger partial charge in [0.15, 0.2) is 0 Å². The molecule has 0 aliphatic rings. The minimum atomic E-state index is -0.417. The number of H-pyrrole nitrogens is 1. The van der Waals surface area contributed by atoms with Gasteiger partial charge in [-0.25, -0.2) is 0 Å².